The molecule has 1 heterocycles. The van der Waals surface area contributed by atoms with Gasteiger partial charge in [0.15, 0.2) is 12.2 Å². The summed E-state index contributed by atoms with van der Waals surface area (Å²) >= 11 is 5.75. The van der Waals surface area contributed by atoms with Crippen LogP contribution in [0.4, 0.5) is 18.9 Å². The molecule has 0 fully saturated rings. The number of nitrogens with zero attached hydrogens (tertiary/aromatic N) is 1. The van der Waals surface area contributed by atoms with Gasteiger partial charge in [0.2, 0.25) is 0 Å². The molecule has 4 nitrogen and oxygen atoms in total. The second-order valence-electron chi connectivity index (χ2n) is 5.12. The van der Waals surface area contributed by atoms with Gasteiger partial charge in [0.25, 0.3) is 5.91 Å². The predicted octanol–water partition coefficient (Wildman–Crippen LogP) is 5.27. The highest BCUT2D eigenvalue weighted by Gasteiger charge is 2.31. The highest BCUT2D eigenvalue weighted by Crippen LogP contribution is 2.35. The largest absolute Gasteiger partial charge is 0.444 e. The molecule has 0 spiro atoms. The molecule has 1 N–H and O–H groups in total. The minimum atomic E-state index is -4.57. The van der Waals surface area contributed by atoms with E-state index in [1.807, 2.05) is 0 Å². The third-order valence-electron chi connectivity index (χ3n) is 3.34. The minimum absolute atomic E-state index is 0.0128. The first-order valence-electron chi connectivity index (χ1n) is 7.01. The van der Waals surface area contributed by atoms with Gasteiger partial charge in [-0.2, -0.15) is 13.2 Å². The van der Waals surface area contributed by atoms with Crippen molar-refractivity contribution in [1.82, 2.24) is 4.98 Å². The number of carbonyl (C=O) groups is 1. The molecule has 3 aromatic rings. The first-order valence-corrected chi connectivity index (χ1v) is 7.39. The molecule has 0 aliphatic heterocycles. The topological polar surface area (TPSA) is 55.1 Å². The van der Waals surface area contributed by atoms with Crippen molar-refractivity contribution < 1.29 is 22.4 Å². The molecule has 1 aromatic heterocycles. The molecular weight excluding hydrogens is 357 g/mol. The number of hydrogen-bond acceptors (Lipinski definition) is 3. The molecule has 0 saturated carbocycles. The van der Waals surface area contributed by atoms with Crippen LogP contribution in [0.1, 0.15) is 15.9 Å². The lowest BCUT2D eigenvalue weighted by molar-refractivity contribution is -0.137. The average Bonchev–Trinajstić information content (AvgIpc) is 3.09. The Hall–Kier alpha value is -2.80. The third-order valence-corrected chi connectivity index (χ3v) is 3.59. The smallest absolute Gasteiger partial charge is 0.416 e. The first kappa shape index (κ1) is 17.0. The normalized spacial score (nSPS) is 11.4. The predicted molar refractivity (Wildman–Crippen MR) is 86.3 cm³/mol. The van der Waals surface area contributed by atoms with Crippen LogP contribution >= 0.6 is 11.6 Å². The number of aromatic nitrogens is 1. The Kier molecular flexibility index (Phi) is 4.50. The molecule has 25 heavy (non-hydrogen) atoms. The number of benzene rings is 2. The van der Waals surface area contributed by atoms with Crippen molar-refractivity contribution in [2.75, 3.05) is 5.32 Å². The van der Waals surface area contributed by atoms with Gasteiger partial charge in [0.05, 0.1) is 11.8 Å². The quantitative estimate of drug-likeness (QED) is 0.687. The fourth-order valence-corrected chi connectivity index (χ4v) is 2.29. The average molecular weight is 367 g/mol. The summed E-state index contributed by atoms with van der Waals surface area (Å²) in [4.78, 5) is 15.9. The molecule has 1 amide bonds. The van der Waals surface area contributed by atoms with Crippen molar-refractivity contribution in [3.8, 4) is 11.3 Å². The second kappa shape index (κ2) is 6.60. The number of halogens is 4. The highest BCUT2D eigenvalue weighted by molar-refractivity contribution is 6.30. The minimum Gasteiger partial charge on any atom is -0.444 e. The van der Waals surface area contributed by atoms with Crippen molar-refractivity contribution in [3.05, 3.63) is 71.2 Å². The van der Waals surface area contributed by atoms with E-state index in [0.29, 0.717) is 5.02 Å². The summed E-state index contributed by atoms with van der Waals surface area (Å²) in [5.74, 6) is -0.396. The van der Waals surface area contributed by atoms with E-state index in [4.69, 9.17) is 16.0 Å². The number of carbonyl (C=O) groups excluding carboxylic acids is 1. The number of rotatable bonds is 3. The van der Waals surface area contributed by atoms with E-state index in [-0.39, 0.29) is 22.6 Å². The molecule has 8 heteroatoms. The molecule has 0 aliphatic carbocycles. The summed E-state index contributed by atoms with van der Waals surface area (Å²) < 4.78 is 44.4. The molecule has 2 aromatic carbocycles. The monoisotopic (exact) mass is 366 g/mol. The molecule has 0 aliphatic rings. The fourth-order valence-electron chi connectivity index (χ4n) is 2.17. The molecule has 0 radical (unpaired) electrons. The van der Waals surface area contributed by atoms with Crippen LogP contribution < -0.4 is 5.32 Å². The van der Waals surface area contributed by atoms with Crippen LogP contribution in [0.3, 0.4) is 0 Å². The molecule has 3 rings (SSSR count). The van der Waals surface area contributed by atoms with E-state index in [9.17, 15) is 18.0 Å². The van der Waals surface area contributed by atoms with E-state index in [0.717, 1.165) is 18.5 Å². The molecule has 0 unspecified atom stereocenters. The summed E-state index contributed by atoms with van der Waals surface area (Å²) in [6.07, 6.45) is -2.17. The number of alkyl halides is 3. The van der Waals surface area contributed by atoms with Gasteiger partial charge in [-0.3, -0.25) is 4.79 Å². The Balaban J connectivity index is 1.96. The standard InChI is InChI=1S/C17H10ClF3N2O2/c18-13-3-1-10(2-4-13)16(24)23-14-6-11(15-8-22-9-25-15)5-12(7-14)17(19,20)21/h1-9H,(H,23,24). The lowest BCUT2D eigenvalue weighted by atomic mass is 10.1. The van der Waals surface area contributed by atoms with Crippen LogP contribution in [-0.2, 0) is 6.18 Å². The van der Waals surface area contributed by atoms with Gasteiger partial charge in [-0.05, 0) is 42.5 Å². The van der Waals surface area contributed by atoms with Gasteiger partial charge in [0.1, 0.15) is 0 Å². The summed E-state index contributed by atoms with van der Waals surface area (Å²) in [6.45, 7) is 0. The molecule has 0 atom stereocenters. The van der Waals surface area contributed by atoms with E-state index in [1.165, 1.54) is 36.5 Å². The lowest BCUT2D eigenvalue weighted by Gasteiger charge is -2.12. The zero-order valence-corrected chi connectivity index (χ0v) is 13.2. The lowest BCUT2D eigenvalue weighted by Crippen LogP contribution is -2.13. The van der Waals surface area contributed by atoms with Gasteiger partial charge in [-0.25, -0.2) is 4.98 Å². The Bertz CT molecular complexity index is 891. The van der Waals surface area contributed by atoms with Crippen LogP contribution in [0.15, 0.2) is 59.5 Å². The third kappa shape index (κ3) is 4.00. The van der Waals surface area contributed by atoms with Crippen LogP contribution in [0.2, 0.25) is 5.02 Å². The van der Waals surface area contributed by atoms with Crippen molar-refractivity contribution >= 4 is 23.2 Å². The van der Waals surface area contributed by atoms with E-state index < -0.39 is 17.6 Å². The Morgan fingerprint density at radius 1 is 1.12 bits per heavy atom. The molecule has 0 saturated heterocycles. The summed E-state index contributed by atoms with van der Waals surface area (Å²) in [6, 6.07) is 9.14. The van der Waals surface area contributed by atoms with Crippen molar-refractivity contribution in [2.45, 2.75) is 6.18 Å². The maximum atomic E-state index is 13.1. The SMILES string of the molecule is O=C(Nc1cc(-c2cnco2)cc(C(F)(F)F)c1)c1ccc(Cl)cc1. The fraction of sp³-hybridized carbons (Fsp3) is 0.0588. The molecule has 0 bridgehead atoms. The maximum Gasteiger partial charge on any atom is 0.416 e. The van der Waals surface area contributed by atoms with Gasteiger partial charge in [0, 0.05) is 21.8 Å². The first-order chi connectivity index (χ1) is 11.8. The summed E-state index contributed by atoms with van der Waals surface area (Å²) in [7, 11) is 0. The Morgan fingerprint density at radius 3 is 2.44 bits per heavy atom. The summed E-state index contributed by atoms with van der Waals surface area (Å²) in [5.41, 5.74) is -0.504. The van der Waals surface area contributed by atoms with Crippen molar-refractivity contribution in [2.24, 2.45) is 0 Å². The number of amides is 1. The van der Waals surface area contributed by atoms with E-state index in [1.54, 1.807) is 0 Å². The molecule has 128 valence electrons. The zero-order chi connectivity index (χ0) is 18.0. The van der Waals surface area contributed by atoms with Crippen LogP contribution in [0.5, 0.6) is 0 Å². The van der Waals surface area contributed by atoms with E-state index >= 15 is 0 Å². The van der Waals surface area contributed by atoms with Gasteiger partial charge in [-0.15, -0.1) is 0 Å². The second-order valence-corrected chi connectivity index (χ2v) is 5.56. The number of anilines is 1. The van der Waals surface area contributed by atoms with Crippen molar-refractivity contribution in [3.63, 3.8) is 0 Å². The zero-order valence-electron chi connectivity index (χ0n) is 12.5. The Labute approximate surface area is 145 Å². The van der Waals surface area contributed by atoms with Crippen LogP contribution in [0.25, 0.3) is 11.3 Å². The van der Waals surface area contributed by atoms with Crippen molar-refractivity contribution in [1.29, 1.82) is 0 Å². The van der Waals surface area contributed by atoms with Gasteiger partial charge >= 0.3 is 6.18 Å². The Morgan fingerprint density at radius 2 is 1.84 bits per heavy atom. The number of oxazole rings is 1. The van der Waals surface area contributed by atoms with E-state index in [2.05, 4.69) is 10.3 Å². The summed E-state index contributed by atoms with van der Waals surface area (Å²) in [5, 5.41) is 2.90. The number of nitrogens with one attached hydrogen (secondary N) is 1. The van der Waals surface area contributed by atoms with Crippen LogP contribution in [0, 0.1) is 0 Å². The van der Waals surface area contributed by atoms with Crippen LogP contribution in [-0.4, -0.2) is 10.9 Å². The van der Waals surface area contributed by atoms with Gasteiger partial charge in [-0.1, -0.05) is 11.6 Å². The van der Waals surface area contributed by atoms with Gasteiger partial charge < -0.3 is 9.73 Å². The molecular formula is C17H10ClF3N2O2. The number of hydrogen-bond donors (Lipinski definition) is 1. The maximum absolute atomic E-state index is 13.1. The highest BCUT2D eigenvalue weighted by atomic mass is 35.5.